The van der Waals surface area contributed by atoms with Gasteiger partial charge in [0, 0.05) is 33.6 Å². The minimum atomic E-state index is -4.13. The summed E-state index contributed by atoms with van der Waals surface area (Å²) in [6.07, 6.45) is 2.38. The Balaban J connectivity index is 1.43. The van der Waals surface area contributed by atoms with Crippen molar-refractivity contribution >= 4 is 46.8 Å². The molecular formula is C45H51Cl2F2N2O9PS. The number of imidazole rings is 1. The standard InChI is InChI=1S/C45H51Cl2F2N2O9PS/c1-42(2,3)59-61(54,60-43(4,5)6)58-25-27-14-12-15-29(20-27)40(52)57-26-31-34(48)22-30(23-37(31)62(11,55)56)28-18-19-36(35(49)21-28)51-24-38(45(9,10)53)50-41(51)44(7,8)39-32(46)16-13-17-33(39)47/h12-24,53H,25-26H2,1-11H3. The summed E-state index contributed by atoms with van der Waals surface area (Å²) in [4.78, 5) is 17.5. The number of carbonyl (C=O) groups is 1. The SMILES string of the molecule is CC(C)(C)OP(=O)(OCc1cccc(C(=O)OCc2c(F)cc(-c3ccc(-n4cc(C(C)(C)O)nc4C(C)(C)c4c(Cl)cccc4Cl)c(F)c3)cc2S(C)(=O)=O)c1)OC(C)(C)C. The number of phosphoric ester groups is 1. The molecule has 11 nitrogen and oxygen atoms in total. The maximum Gasteiger partial charge on any atom is 0.476 e. The number of ether oxygens (including phenoxy) is 1. The summed E-state index contributed by atoms with van der Waals surface area (Å²) < 4.78 is 95.8. The average molecular weight is 936 g/mol. The second-order valence-corrected chi connectivity index (χ2v) is 22.2. The number of benzene rings is 4. The Bertz CT molecular complexity index is 2630. The molecule has 1 heterocycles. The zero-order chi connectivity index (χ0) is 46.4. The largest absolute Gasteiger partial charge is 0.476 e. The van der Waals surface area contributed by atoms with Crippen LogP contribution in [0.5, 0.6) is 0 Å². The number of esters is 1. The van der Waals surface area contributed by atoms with Crippen molar-refractivity contribution in [3.8, 4) is 16.8 Å². The molecule has 5 rings (SSSR count). The molecule has 17 heteroatoms. The van der Waals surface area contributed by atoms with Crippen LogP contribution in [0.15, 0.2) is 83.9 Å². The van der Waals surface area contributed by atoms with E-state index in [0.717, 1.165) is 18.4 Å². The molecule has 4 aromatic carbocycles. The first-order valence-electron chi connectivity index (χ1n) is 19.4. The van der Waals surface area contributed by atoms with E-state index < -0.39 is 74.5 Å². The van der Waals surface area contributed by atoms with E-state index in [9.17, 15) is 22.9 Å². The lowest BCUT2D eigenvalue weighted by Crippen LogP contribution is -2.25. The van der Waals surface area contributed by atoms with Gasteiger partial charge in [0.1, 0.15) is 29.7 Å². The first-order chi connectivity index (χ1) is 28.4. The Morgan fingerprint density at radius 3 is 1.94 bits per heavy atom. The normalized spacial score (nSPS) is 13.1. The lowest BCUT2D eigenvalue weighted by Gasteiger charge is -2.30. The Kier molecular flexibility index (Phi) is 14.1. The molecule has 0 aliphatic heterocycles. The molecule has 334 valence electrons. The second-order valence-electron chi connectivity index (χ2n) is 17.9. The molecule has 0 saturated carbocycles. The third-order valence-corrected chi connectivity index (χ3v) is 13.0. The number of aromatic nitrogens is 2. The van der Waals surface area contributed by atoms with E-state index in [-0.39, 0.29) is 34.7 Å². The van der Waals surface area contributed by atoms with Crippen LogP contribution in [0.4, 0.5) is 8.78 Å². The highest BCUT2D eigenvalue weighted by atomic mass is 35.5. The van der Waals surface area contributed by atoms with Gasteiger partial charge in [0.15, 0.2) is 9.84 Å². The molecule has 0 unspecified atom stereocenters. The van der Waals surface area contributed by atoms with Crippen LogP contribution >= 0.6 is 31.0 Å². The van der Waals surface area contributed by atoms with E-state index in [2.05, 4.69) is 0 Å². The molecule has 0 radical (unpaired) electrons. The minimum absolute atomic E-state index is 0.0245. The highest BCUT2D eigenvalue weighted by molar-refractivity contribution is 7.90. The van der Waals surface area contributed by atoms with Crippen LogP contribution in [0.25, 0.3) is 16.8 Å². The Hall–Kier alpha value is -3.98. The van der Waals surface area contributed by atoms with Gasteiger partial charge in [-0.1, -0.05) is 47.5 Å². The third-order valence-electron chi connectivity index (χ3n) is 9.25. The highest BCUT2D eigenvalue weighted by Crippen LogP contribution is 2.56. The molecule has 0 aliphatic rings. The van der Waals surface area contributed by atoms with Crippen molar-refractivity contribution in [2.24, 2.45) is 0 Å². The summed E-state index contributed by atoms with van der Waals surface area (Å²) in [5, 5.41) is 11.6. The minimum Gasteiger partial charge on any atom is -0.457 e. The van der Waals surface area contributed by atoms with Crippen LogP contribution in [0, 0.1) is 11.6 Å². The average Bonchev–Trinajstić information content (AvgIpc) is 3.58. The van der Waals surface area contributed by atoms with Crippen molar-refractivity contribution in [1.29, 1.82) is 0 Å². The first-order valence-corrected chi connectivity index (χ1v) is 23.5. The van der Waals surface area contributed by atoms with Crippen LogP contribution < -0.4 is 0 Å². The van der Waals surface area contributed by atoms with Crippen molar-refractivity contribution in [2.75, 3.05) is 6.26 Å². The number of nitrogens with zero attached hydrogens (tertiary/aromatic N) is 2. The van der Waals surface area contributed by atoms with Crippen LogP contribution in [0.2, 0.25) is 10.0 Å². The molecule has 62 heavy (non-hydrogen) atoms. The summed E-state index contributed by atoms with van der Waals surface area (Å²) in [5.41, 5.74) is -3.17. The predicted octanol–water partition coefficient (Wildman–Crippen LogP) is 11.7. The zero-order valence-corrected chi connectivity index (χ0v) is 39.6. The van der Waals surface area contributed by atoms with Gasteiger partial charge in [-0.3, -0.25) is 18.1 Å². The molecule has 0 spiro atoms. The van der Waals surface area contributed by atoms with Crippen LogP contribution in [-0.4, -0.2) is 46.5 Å². The maximum absolute atomic E-state index is 16.3. The fourth-order valence-corrected chi connectivity index (χ4v) is 10.1. The molecule has 0 atom stereocenters. The molecular weight excluding hydrogens is 884 g/mol. The van der Waals surface area contributed by atoms with Crippen molar-refractivity contribution in [3.05, 3.63) is 134 Å². The van der Waals surface area contributed by atoms with E-state index in [1.165, 1.54) is 47.2 Å². The van der Waals surface area contributed by atoms with Crippen molar-refractivity contribution in [3.63, 3.8) is 0 Å². The first kappa shape index (κ1) is 49.0. The number of hydrogen-bond donors (Lipinski definition) is 1. The smallest absolute Gasteiger partial charge is 0.457 e. The van der Waals surface area contributed by atoms with Crippen molar-refractivity contribution < 1.29 is 50.0 Å². The predicted molar refractivity (Wildman–Crippen MR) is 235 cm³/mol. The Morgan fingerprint density at radius 1 is 0.806 bits per heavy atom. The monoisotopic (exact) mass is 934 g/mol. The van der Waals surface area contributed by atoms with E-state index >= 15 is 8.78 Å². The van der Waals surface area contributed by atoms with E-state index in [0.29, 0.717) is 27.0 Å². The Morgan fingerprint density at radius 2 is 1.39 bits per heavy atom. The molecule has 0 saturated heterocycles. The van der Waals surface area contributed by atoms with Crippen LogP contribution in [0.3, 0.4) is 0 Å². The van der Waals surface area contributed by atoms with Crippen LogP contribution in [0.1, 0.15) is 108 Å². The number of hydrogen-bond acceptors (Lipinski definition) is 10. The molecule has 5 aromatic rings. The summed E-state index contributed by atoms with van der Waals surface area (Å²) in [6, 6.07) is 17.3. The number of phosphoric acid groups is 1. The zero-order valence-electron chi connectivity index (χ0n) is 36.4. The van der Waals surface area contributed by atoms with E-state index in [1.54, 1.807) is 79.7 Å². The number of sulfone groups is 1. The van der Waals surface area contributed by atoms with Gasteiger partial charge in [0.05, 0.1) is 45.1 Å². The van der Waals surface area contributed by atoms with Crippen LogP contribution in [-0.2, 0) is 56.9 Å². The summed E-state index contributed by atoms with van der Waals surface area (Å²) in [6.45, 7) is 15.9. The highest BCUT2D eigenvalue weighted by Gasteiger charge is 2.38. The molecule has 1 aromatic heterocycles. The van der Waals surface area contributed by atoms with Crippen molar-refractivity contribution in [1.82, 2.24) is 9.55 Å². The quantitative estimate of drug-likeness (QED) is 0.0844. The van der Waals surface area contributed by atoms with E-state index in [4.69, 9.17) is 46.5 Å². The number of carbonyl (C=O) groups excluding carboxylic acids is 1. The molecule has 0 fully saturated rings. The number of aliphatic hydroxyl groups is 1. The number of rotatable bonds is 14. The molecule has 1 N–H and O–H groups in total. The van der Waals surface area contributed by atoms with Gasteiger partial charge in [0.25, 0.3) is 0 Å². The summed E-state index contributed by atoms with van der Waals surface area (Å²) in [5.74, 6) is -2.38. The molecule has 0 bridgehead atoms. The third kappa shape index (κ3) is 11.8. The second kappa shape index (κ2) is 17.9. The fourth-order valence-electron chi connectivity index (χ4n) is 6.54. The fraction of sp³-hybridized carbons (Fsp3) is 0.378. The number of halogens is 4. The lowest BCUT2D eigenvalue weighted by atomic mass is 9.83. The topological polar surface area (TPSA) is 143 Å². The molecule has 0 amide bonds. The van der Waals surface area contributed by atoms with Gasteiger partial charge in [0.2, 0.25) is 0 Å². The van der Waals surface area contributed by atoms with Gasteiger partial charge in [-0.25, -0.2) is 31.5 Å². The van der Waals surface area contributed by atoms with Crippen molar-refractivity contribution in [2.45, 2.75) is 110 Å². The maximum atomic E-state index is 16.3. The molecule has 0 aliphatic carbocycles. The van der Waals surface area contributed by atoms with Gasteiger partial charge < -0.3 is 9.84 Å². The lowest BCUT2D eigenvalue weighted by molar-refractivity contribution is 0.000816. The van der Waals surface area contributed by atoms with E-state index in [1.807, 2.05) is 13.8 Å². The Labute approximate surface area is 371 Å². The van der Waals surface area contributed by atoms with Gasteiger partial charge in [-0.15, -0.1) is 0 Å². The summed E-state index contributed by atoms with van der Waals surface area (Å²) in [7, 11) is -8.21. The van der Waals surface area contributed by atoms with Gasteiger partial charge >= 0.3 is 13.8 Å². The van der Waals surface area contributed by atoms with Gasteiger partial charge in [-0.2, -0.15) is 0 Å². The van der Waals surface area contributed by atoms with Gasteiger partial charge in [-0.05, 0) is 134 Å². The summed E-state index contributed by atoms with van der Waals surface area (Å²) >= 11 is 13.2.